The average Bonchev–Trinajstić information content (AvgIpc) is 3.12. The first kappa shape index (κ1) is 12.9. The summed E-state index contributed by atoms with van der Waals surface area (Å²) in [4.78, 5) is 2.41. The lowest BCUT2D eigenvalue weighted by atomic mass is 10.1. The highest BCUT2D eigenvalue weighted by Gasteiger charge is 2.31. The molecule has 1 unspecified atom stereocenters. The van der Waals surface area contributed by atoms with E-state index in [4.69, 9.17) is 5.73 Å². The van der Waals surface area contributed by atoms with Gasteiger partial charge >= 0.3 is 0 Å². The van der Waals surface area contributed by atoms with Crippen LogP contribution in [-0.4, -0.2) is 19.6 Å². The van der Waals surface area contributed by atoms with Crippen molar-refractivity contribution in [2.75, 3.05) is 18.5 Å². The maximum atomic E-state index is 5.69. The number of nitrogens with zero attached hydrogens (tertiary/aromatic N) is 1. The van der Waals surface area contributed by atoms with Crippen molar-refractivity contribution in [1.82, 2.24) is 0 Å². The second kappa shape index (κ2) is 5.40. The standard InChI is InChI=1S/C14H21BrN2/c1-10(11-3-4-11)17(2)14-6-5-13(15)9-12(14)7-8-16/h5-6,9-11H,3-4,7-8,16H2,1-2H3. The van der Waals surface area contributed by atoms with E-state index in [1.165, 1.54) is 24.1 Å². The third-order valence-electron chi connectivity index (χ3n) is 3.75. The van der Waals surface area contributed by atoms with Gasteiger partial charge in [0.05, 0.1) is 0 Å². The van der Waals surface area contributed by atoms with E-state index in [2.05, 4.69) is 53.0 Å². The van der Waals surface area contributed by atoms with Gasteiger partial charge in [0, 0.05) is 23.2 Å². The average molecular weight is 297 g/mol. The van der Waals surface area contributed by atoms with E-state index < -0.39 is 0 Å². The van der Waals surface area contributed by atoms with Crippen molar-refractivity contribution in [3.8, 4) is 0 Å². The zero-order valence-electron chi connectivity index (χ0n) is 10.6. The van der Waals surface area contributed by atoms with Crippen molar-refractivity contribution >= 4 is 21.6 Å². The first-order valence-corrected chi connectivity index (χ1v) is 7.14. The molecular formula is C14H21BrN2. The van der Waals surface area contributed by atoms with Crippen LogP contribution >= 0.6 is 15.9 Å². The molecule has 1 aromatic rings. The topological polar surface area (TPSA) is 29.3 Å². The Morgan fingerprint density at radius 2 is 2.18 bits per heavy atom. The van der Waals surface area contributed by atoms with Crippen molar-refractivity contribution in [3.63, 3.8) is 0 Å². The number of anilines is 1. The van der Waals surface area contributed by atoms with Gasteiger partial charge < -0.3 is 10.6 Å². The molecule has 0 amide bonds. The van der Waals surface area contributed by atoms with Gasteiger partial charge in [0.15, 0.2) is 0 Å². The molecule has 2 nitrogen and oxygen atoms in total. The molecule has 2 N–H and O–H groups in total. The summed E-state index contributed by atoms with van der Waals surface area (Å²) in [6.07, 6.45) is 3.71. The molecular weight excluding hydrogens is 276 g/mol. The monoisotopic (exact) mass is 296 g/mol. The van der Waals surface area contributed by atoms with Gasteiger partial charge in [-0.1, -0.05) is 15.9 Å². The molecule has 0 aromatic heterocycles. The van der Waals surface area contributed by atoms with Crippen molar-refractivity contribution < 1.29 is 0 Å². The summed E-state index contributed by atoms with van der Waals surface area (Å²) < 4.78 is 1.14. The summed E-state index contributed by atoms with van der Waals surface area (Å²) in [5.74, 6) is 0.884. The predicted molar refractivity (Wildman–Crippen MR) is 77.5 cm³/mol. The van der Waals surface area contributed by atoms with Gasteiger partial charge in [0.2, 0.25) is 0 Å². The Labute approximate surface area is 112 Å². The minimum absolute atomic E-state index is 0.632. The fourth-order valence-corrected chi connectivity index (χ4v) is 2.78. The second-order valence-corrected chi connectivity index (χ2v) is 5.92. The Morgan fingerprint density at radius 3 is 2.76 bits per heavy atom. The summed E-state index contributed by atoms with van der Waals surface area (Å²) in [6.45, 7) is 3.03. The molecule has 1 saturated carbocycles. The predicted octanol–water partition coefficient (Wildman–Crippen LogP) is 3.19. The number of halogens is 1. The van der Waals surface area contributed by atoms with Crippen LogP contribution < -0.4 is 10.6 Å². The zero-order valence-corrected chi connectivity index (χ0v) is 12.2. The molecule has 1 aliphatic rings. The van der Waals surface area contributed by atoms with Crippen LogP contribution in [0.2, 0.25) is 0 Å². The van der Waals surface area contributed by atoms with Crippen LogP contribution in [0.15, 0.2) is 22.7 Å². The Bertz CT molecular complexity index is 388. The number of rotatable bonds is 5. The SMILES string of the molecule is CC(C1CC1)N(C)c1ccc(Br)cc1CCN. The summed E-state index contributed by atoms with van der Waals surface area (Å²) >= 11 is 3.53. The number of hydrogen-bond acceptors (Lipinski definition) is 2. The molecule has 1 fully saturated rings. The third kappa shape index (κ3) is 3.02. The minimum Gasteiger partial charge on any atom is -0.371 e. The summed E-state index contributed by atoms with van der Waals surface area (Å²) in [7, 11) is 2.20. The maximum absolute atomic E-state index is 5.69. The normalized spacial score (nSPS) is 16.9. The van der Waals surface area contributed by atoms with Crippen molar-refractivity contribution in [1.29, 1.82) is 0 Å². The van der Waals surface area contributed by atoms with E-state index in [1.54, 1.807) is 0 Å². The van der Waals surface area contributed by atoms with Gasteiger partial charge in [-0.25, -0.2) is 0 Å². The fourth-order valence-electron chi connectivity index (χ4n) is 2.37. The Kier molecular flexibility index (Phi) is 4.10. The Balaban J connectivity index is 2.22. The number of benzene rings is 1. The Morgan fingerprint density at radius 1 is 1.47 bits per heavy atom. The molecule has 2 rings (SSSR count). The molecule has 1 aromatic carbocycles. The first-order chi connectivity index (χ1) is 8.13. The van der Waals surface area contributed by atoms with Crippen LogP contribution in [0, 0.1) is 5.92 Å². The largest absolute Gasteiger partial charge is 0.371 e. The maximum Gasteiger partial charge on any atom is 0.0399 e. The molecule has 3 heteroatoms. The van der Waals surface area contributed by atoms with Gasteiger partial charge in [-0.15, -0.1) is 0 Å². The first-order valence-electron chi connectivity index (χ1n) is 6.35. The van der Waals surface area contributed by atoms with Gasteiger partial charge in [0.25, 0.3) is 0 Å². The molecule has 0 radical (unpaired) electrons. The van der Waals surface area contributed by atoms with Gasteiger partial charge in [-0.2, -0.15) is 0 Å². The van der Waals surface area contributed by atoms with Gasteiger partial charge in [-0.05, 0) is 62.4 Å². The van der Waals surface area contributed by atoms with Gasteiger partial charge in [0.1, 0.15) is 0 Å². The zero-order chi connectivity index (χ0) is 12.4. The quantitative estimate of drug-likeness (QED) is 0.904. The van der Waals surface area contributed by atoms with Crippen molar-refractivity contribution in [2.45, 2.75) is 32.2 Å². The summed E-state index contributed by atoms with van der Waals surface area (Å²) in [5, 5.41) is 0. The summed E-state index contributed by atoms with van der Waals surface area (Å²) in [5.41, 5.74) is 8.37. The van der Waals surface area contributed by atoms with Crippen LogP contribution in [0.5, 0.6) is 0 Å². The fraction of sp³-hybridized carbons (Fsp3) is 0.571. The third-order valence-corrected chi connectivity index (χ3v) is 4.24. The minimum atomic E-state index is 0.632. The van der Waals surface area contributed by atoms with Crippen LogP contribution in [-0.2, 0) is 6.42 Å². The highest BCUT2D eigenvalue weighted by atomic mass is 79.9. The molecule has 1 aliphatic carbocycles. The lowest BCUT2D eigenvalue weighted by Gasteiger charge is -2.29. The van der Waals surface area contributed by atoms with Crippen LogP contribution in [0.3, 0.4) is 0 Å². The van der Waals surface area contributed by atoms with E-state index in [1.807, 2.05) is 0 Å². The van der Waals surface area contributed by atoms with Crippen LogP contribution in [0.25, 0.3) is 0 Å². The molecule has 0 bridgehead atoms. The van der Waals surface area contributed by atoms with Crippen molar-refractivity contribution in [3.05, 3.63) is 28.2 Å². The number of nitrogens with two attached hydrogens (primary N) is 1. The molecule has 0 aliphatic heterocycles. The van der Waals surface area contributed by atoms with Crippen LogP contribution in [0.1, 0.15) is 25.3 Å². The smallest absolute Gasteiger partial charge is 0.0399 e. The van der Waals surface area contributed by atoms with Crippen molar-refractivity contribution in [2.24, 2.45) is 11.7 Å². The van der Waals surface area contributed by atoms with E-state index in [0.29, 0.717) is 12.6 Å². The Hall–Kier alpha value is -0.540. The molecule has 1 atom stereocenters. The molecule has 0 saturated heterocycles. The second-order valence-electron chi connectivity index (χ2n) is 5.00. The lowest BCUT2D eigenvalue weighted by molar-refractivity contribution is 0.607. The molecule has 94 valence electrons. The molecule has 17 heavy (non-hydrogen) atoms. The van der Waals surface area contributed by atoms with E-state index in [-0.39, 0.29) is 0 Å². The number of hydrogen-bond donors (Lipinski definition) is 1. The molecule has 0 heterocycles. The summed E-state index contributed by atoms with van der Waals surface area (Å²) in [6, 6.07) is 7.14. The lowest BCUT2D eigenvalue weighted by Crippen LogP contribution is -2.31. The van der Waals surface area contributed by atoms with Gasteiger partial charge in [-0.3, -0.25) is 0 Å². The van der Waals surface area contributed by atoms with E-state index in [9.17, 15) is 0 Å². The van der Waals surface area contributed by atoms with Crippen LogP contribution in [0.4, 0.5) is 5.69 Å². The van der Waals surface area contributed by atoms with E-state index in [0.717, 1.165) is 16.8 Å². The highest BCUT2D eigenvalue weighted by molar-refractivity contribution is 9.10. The molecule has 0 spiro atoms. The highest BCUT2D eigenvalue weighted by Crippen LogP contribution is 2.37. The van der Waals surface area contributed by atoms with E-state index >= 15 is 0 Å².